The van der Waals surface area contributed by atoms with Crippen LogP contribution in [0.4, 0.5) is 0 Å². The lowest BCUT2D eigenvalue weighted by molar-refractivity contribution is -0.144. The summed E-state index contributed by atoms with van der Waals surface area (Å²) >= 11 is 5.83. The summed E-state index contributed by atoms with van der Waals surface area (Å²) in [5.74, 6) is -1.70. The molecule has 8 heteroatoms. The molecule has 1 aromatic rings. The van der Waals surface area contributed by atoms with Crippen LogP contribution < -0.4 is 15.6 Å². The van der Waals surface area contributed by atoms with Crippen LogP contribution in [-0.4, -0.2) is 31.5 Å². The van der Waals surface area contributed by atoms with Crippen LogP contribution in [0, 0.1) is 0 Å². The van der Waals surface area contributed by atoms with Gasteiger partial charge in [0.25, 0.3) is 11.8 Å². The van der Waals surface area contributed by atoms with Crippen molar-refractivity contribution >= 4 is 29.4 Å². The van der Waals surface area contributed by atoms with E-state index < -0.39 is 24.4 Å². The molecule has 2 N–H and O–H groups in total. The summed E-state index contributed by atoms with van der Waals surface area (Å²) in [6.07, 6.45) is 6.02. The summed E-state index contributed by atoms with van der Waals surface area (Å²) in [7, 11) is 1.40. The second-order valence-corrected chi connectivity index (χ2v) is 4.78. The lowest BCUT2D eigenvalue weighted by Gasteiger charge is -2.10. The minimum atomic E-state index is -0.697. The summed E-state index contributed by atoms with van der Waals surface area (Å²) in [5.41, 5.74) is 4.45. The molecule has 0 saturated heterocycles. The van der Waals surface area contributed by atoms with E-state index in [1.807, 2.05) is 0 Å². The number of methoxy groups -OCH3 is 1. The van der Waals surface area contributed by atoms with Gasteiger partial charge in [0, 0.05) is 11.1 Å². The summed E-state index contributed by atoms with van der Waals surface area (Å²) in [5, 5.41) is 0.342. The Bertz CT molecular complexity index is 670. The minimum absolute atomic E-state index is 0.150. The van der Waals surface area contributed by atoms with Crippen molar-refractivity contribution in [2.75, 3.05) is 13.7 Å². The van der Waals surface area contributed by atoms with Crippen LogP contribution in [0.25, 0.3) is 0 Å². The molecule has 0 aliphatic rings. The number of nitrogens with one attached hydrogen (secondary N) is 2. The highest BCUT2D eigenvalue weighted by Crippen LogP contribution is 2.22. The van der Waals surface area contributed by atoms with Gasteiger partial charge in [0.15, 0.2) is 6.61 Å². The van der Waals surface area contributed by atoms with Crippen molar-refractivity contribution < 1.29 is 23.9 Å². The number of amides is 2. The van der Waals surface area contributed by atoms with E-state index in [4.69, 9.17) is 16.3 Å². The Morgan fingerprint density at radius 2 is 1.96 bits per heavy atom. The van der Waals surface area contributed by atoms with Gasteiger partial charge >= 0.3 is 5.97 Å². The molecule has 1 aromatic carbocycles. The summed E-state index contributed by atoms with van der Waals surface area (Å²) in [6, 6.07) is 4.49. The fourth-order valence-electron chi connectivity index (χ4n) is 1.52. The highest BCUT2D eigenvalue weighted by atomic mass is 35.5. The fourth-order valence-corrected chi connectivity index (χ4v) is 1.69. The monoisotopic (exact) mass is 352 g/mol. The molecule has 0 aliphatic carbocycles. The molecule has 0 fully saturated rings. The number of hydrogen-bond donors (Lipinski definition) is 2. The van der Waals surface area contributed by atoms with E-state index in [2.05, 4.69) is 15.6 Å². The molecule has 0 radical (unpaired) electrons. The van der Waals surface area contributed by atoms with Gasteiger partial charge in [0.2, 0.25) is 0 Å². The van der Waals surface area contributed by atoms with Gasteiger partial charge in [0.05, 0.1) is 12.7 Å². The van der Waals surface area contributed by atoms with Gasteiger partial charge in [-0.05, 0) is 25.1 Å². The zero-order valence-electron chi connectivity index (χ0n) is 13.2. The first-order chi connectivity index (χ1) is 11.5. The van der Waals surface area contributed by atoms with Gasteiger partial charge in [-0.15, -0.1) is 0 Å². The van der Waals surface area contributed by atoms with Crippen LogP contribution in [0.2, 0.25) is 5.02 Å². The van der Waals surface area contributed by atoms with Crippen molar-refractivity contribution in [2.45, 2.75) is 6.92 Å². The standard InChI is InChI=1S/C16H17ClN2O5/c1-3-4-5-6-15(21)24-10-14(20)18-19-16(22)12-9-11(17)7-8-13(12)23-2/h3-9H,10H2,1-2H3,(H,18,20)(H,19,22)/b4-3+,6-5+. The Labute approximate surface area is 144 Å². The molecule has 7 nitrogen and oxygen atoms in total. The Morgan fingerprint density at radius 3 is 2.62 bits per heavy atom. The number of rotatable bonds is 6. The van der Waals surface area contributed by atoms with Gasteiger partial charge < -0.3 is 9.47 Å². The van der Waals surface area contributed by atoms with Crippen LogP contribution in [0.1, 0.15) is 17.3 Å². The molecule has 128 valence electrons. The number of benzene rings is 1. The second-order valence-electron chi connectivity index (χ2n) is 4.34. The number of hydrazine groups is 1. The van der Waals surface area contributed by atoms with Crippen molar-refractivity contribution in [1.82, 2.24) is 10.9 Å². The van der Waals surface area contributed by atoms with Crippen molar-refractivity contribution in [3.8, 4) is 5.75 Å². The van der Waals surface area contributed by atoms with E-state index >= 15 is 0 Å². The first-order valence-electron chi connectivity index (χ1n) is 6.86. The number of carbonyl (C=O) groups excluding carboxylic acids is 3. The third-order valence-corrected chi connectivity index (χ3v) is 2.84. The number of hydrogen-bond acceptors (Lipinski definition) is 5. The maximum atomic E-state index is 12.0. The molecule has 1 rings (SSSR count). The van der Waals surface area contributed by atoms with Gasteiger partial charge in [-0.25, -0.2) is 4.79 Å². The van der Waals surface area contributed by atoms with Crippen LogP contribution in [0.5, 0.6) is 5.75 Å². The van der Waals surface area contributed by atoms with E-state index in [9.17, 15) is 14.4 Å². The molecule has 2 amide bonds. The van der Waals surface area contributed by atoms with Crippen LogP contribution in [0.15, 0.2) is 42.5 Å². The maximum absolute atomic E-state index is 12.0. The molecule has 0 heterocycles. The Balaban J connectivity index is 2.48. The average molecular weight is 353 g/mol. The van der Waals surface area contributed by atoms with Crippen LogP contribution in [0.3, 0.4) is 0 Å². The number of allylic oxidation sites excluding steroid dienone is 3. The molecule has 24 heavy (non-hydrogen) atoms. The van der Waals surface area contributed by atoms with E-state index in [-0.39, 0.29) is 5.56 Å². The van der Waals surface area contributed by atoms with E-state index in [0.29, 0.717) is 10.8 Å². The van der Waals surface area contributed by atoms with Crippen LogP contribution in [-0.2, 0) is 14.3 Å². The Kier molecular flexibility index (Phi) is 8.07. The minimum Gasteiger partial charge on any atom is -0.496 e. The molecule has 0 bridgehead atoms. The summed E-state index contributed by atoms with van der Waals surface area (Å²) < 4.78 is 9.72. The maximum Gasteiger partial charge on any atom is 0.331 e. The van der Waals surface area contributed by atoms with Gasteiger partial charge in [-0.2, -0.15) is 0 Å². The zero-order valence-corrected chi connectivity index (χ0v) is 13.9. The van der Waals surface area contributed by atoms with Crippen molar-refractivity contribution in [1.29, 1.82) is 0 Å². The van der Waals surface area contributed by atoms with Crippen LogP contribution >= 0.6 is 11.6 Å². The number of halogens is 1. The highest BCUT2D eigenvalue weighted by molar-refractivity contribution is 6.31. The predicted octanol–water partition coefficient (Wildman–Crippen LogP) is 1.79. The lowest BCUT2D eigenvalue weighted by Crippen LogP contribution is -2.43. The predicted molar refractivity (Wildman–Crippen MR) is 88.5 cm³/mol. The average Bonchev–Trinajstić information content (AvgIpc) is 2.58. The summed E-state index contributed by atoms with van der Waals surface area (Å²) in [4.78, 5) is 34.8. The third-order valence-electron chi connectivity index (χ3n) is 2.60. The molecular weight excluding hydrogens is 336 g/mol. The fraction of sp³-hybridized carbons (Fsp3) is 0.188. The summed E-state index contributed by atoms with van der Waals surface area (Å²) in [6.45, 7) is 1.26. The first kappa shape index (κ1) is 19.2. The van der Waals surface area contributed by atoms with Gasteiger partial charge in [0.1, 0.15) is 5.75 Å². The van der Waals surface area contributed by atoms with E-state index in [1.165, 1.54) is 31.4 Å². The second kappa shape index (κ2) is 10.1. The molecule has 0 aliphatic heterocycles. The molecule has 0 saturated carbocycles. The molecule has 0 aromatic heterocycles. The number of carbonyl (C=O) groups is 3. The normalized spacial score (nSPS) is 10.6. The first-order valence-corrected chi connectivity index (χ1v) is 7.24. The van der Waals surface area contributed by atoms with Gasteiger partial charge in [-0.1, -0.05) is 29.8 Å². The largest absolute Gasteiger partial charge is 0.496 e. The van der Waals surface area contributed by atoms with E-state index in [0.717, 1.165) is 0 Å². The molecule has 0 atom stereocenters. The highest BCUT2D eigenvalue weighted by Gasteiger charge is 2.14. The smallest absolute Gasteiger partial charge is 0.331 e. The van der Waals surface area contributed by atoms with Crippen molar-refractivity contribution in [3.05, 3.63) is 53.1 Å². The van der Waals surface area contributed by atoms with Crippen molar-refractivity contribution in [3.63, 3.8) is 0 Å². The number of ether oxygens (including phenoxy) is 2. The SMILES string of the molecule is C/C=C/C=C/C(=O)OCC(=O)NNC(=O)c1cc(Cl)ccc1OC. The topological polar surface area (TPSA) is 93.7 Å². The lowest BCUT2D eigenvalue weighted by atomic mass is 10.2. The molecule has 0 unspecified atom stereocenters. The molecular formula is C16H17ClN2O5. The van der Waals surface area contributed by atoms with E-state index in [1.54, 1.807) is 25.1 Å². The Hall–Kier alpha value is -2.80. The number of esters is 1. The molecule has 0 spiro atoms. The Morgan fingerprint density at radius 1 is 1.21 bits per heavy atom. The zero-order chi connectivity index (χ0) is 17.9. The van der Waals surface area contributed by atoms with Crippen molar-refractivity contribution in [2.24, 2.45) is 0 Å². The van der Waals surface area contributed by atoms with Gasteiger partial charge in [-0.3, -0.25) is 20.4 Å². The third kappa shape index (κ3) is 6.53. The quantitative estimate of drug-likeness (QED) is 0.352.